The smallest absolute Gasteiger partial charge is 0.314 e. The normalized spacial score (nSPS) is 40.3. The van der Waals surface area contributed by atoms with Gasteiger partial charge < -0.3 is 9.84 Å². The van der Waals surface area contributed by atoms with Crippen molar-refractivity contribution < 1.29 is 14.6 Å². The van der Waals surface area contributed by atoms with Crippen LogP contribution in [-0.4, -0.2) is 17.7 Å². The van der Waals surface area contributed by atoms with Crippen molar-refractivity contribution in [1.82, 2.24) is 0 Å². The summed E-state index contributed by atoms with van der Waals surface area (Å²) in [5, 5.41) is 9.83. The highest BCUT2D eigenvalue weighted by Gasteiger charge is 2.53. The highest BCUT2D eigenvalue weighted by Crippen LogP contribution is 2.62. The van der Waals surface area contributed by atoms with Crippen LogP contribution < -0.4 is 0 Å². The van der Waals surface area contributed by atoms with E-state index in [1.807, 2.05) is 0 Å². The summed E-state index contributed by atoms with van der Waals surface area (Å²) >= 11 is 0. The van der Waals surface area contributed by atoms with E-state index in [1.165, 1.54) is 24.8 Å². The Kier molecular flexibility index (Phi) is 4.43. The van der Waals surface area contributed by atoms with Crippen LogP contribution in [0.3, 0.4) is 0 Å². The molecule has 1 saturated carbocycles. The fraction of sp³-hybridized carbons (Fsp3) is 0.750. The summed E-state index contributed by atoms with van der Waals surface area (Å²) < 4.78 is 4.98. The molecule has 1 N–H and O–H groups in total. The summed E-state index contributed by atoms with van der Waals surface area (Å²) in [5.41, 5.74) is 2.80. The highest BCUT2D eigenvalue weighted by molar-refractivity contribution is 5.75. The van der Waals surface area contributed by atoms with E-state index in [4.69, 9.17) is 4.74 Å². The van der Waals surface area contributed by atoms with Crippen LogP contribution in [-0.2, 0) is 9.53 Å². The number of allylic oxidation sites excluding steroid dienone is 1. The molecular formula is C20H30O3. The van der Waals surface area contributed by atoms with Crippen molar-refractivity contribution in [2.75, 3.05) is 6.61 Å². The molecule has 3 aliphatic rings. The number of aliphatic hydroxyl groups excluding tert-OH is 1. The number of carbonyl (C=O) groups excluding carboxylic acids is 1. The lowest BCUT2D eigenvalue weighted by atomic mass is 9.47. The van der Waals surface area contributed by atoms with E-state index in [-0.39, 0.29) is 23.4 Å². The summed E-state index contributed by atoms with van der Waals surface area (Å²) in [6.07, 6.45) is 11.2. The molecule has 4 unspecified atom stereocenters. The summed E-state index contributed by atoms with van der Waals surface area (Å²) in [4.78, 5) is 11.3. The Morgan fingerprint density at radius 3 is 2.78 bits per heavy atom. The van der Waals surface area contributed by atoms with Gasteiger partial charge in [0.15, 0.2) is 0 Å². The Bertz CT molecular complexity index is 547. The van der Waals surface area contributed by atoms with Crippen molar-refractivity contribution in [3.63, 3.8) is 0 Å². The third-order valence-electron chi connectivity index (χ3n) is 7.25. The van der Waals surface area contributed by atoms with Crippen LogP contribution >= 0.6 is 0 Å². The fourth-order valence-electron chi connectivity index (χ4n) is 5.44. The quantitative estimate of drug-likeness (QED) is 0.618. The predicted octanol–water partition coefficient (Wildman–Crippen LogP) is 4.37. The molecule has 0 saturated heterocycles. The van der Waals surface area contributed by atoms with E-state index in [0.717, 1.165) is 24.8 Å². The maximum Gasteiger partial charge on any atom is 0.314 e. The maximum absolute atomic E-state index is 11.3. The monoisotopic (exact) mass is 318 g/mol. The summed E-state index contributed by atoms with van der Waals surface area (Å²) in [6.45, 7) is 7.40. The molecule has 3 rings (SSSR count). The molecule has 0 aromatic carbocycles. The lowest BCUT2D eigenvalue weighted by molar-refractivity contribution is -0.135. The van der Waals surface area contributed by atoms with Crippen LogP contribution in [0.15, 0.2) is 23.5 Å². The number of esters is 1. The summed E-state index contributed by atoms with van der Waals surface area (Å²) in [7, 11) is 0. The number of hydrogen-bond donors (Lipinski definition) is 1. The number of aliphatic hydroxyl groups is 1. The van der Waals surface area contributed by atoms with Gasteiger partial charge in [-0.15, -0.1) is 0 Å². The van der Waals surface area contributed by atoms with E-state index >= 15 is 0 Å². The highest BCUT2D eigenvalue weighted by atomic mass is 16.5. The summed E-state index contributed by atoms with van der Waals surface area (Å²) in [6, 6.07) is 0. The minimum Gasteiger partial charge on any atom is -0.434 e. The Hall–Kier alpha value is -1.09. The predicted molar refractivity (Wildman–Crippen MR) is 90.5 cm³/mol. The SMILES string of the molecule is CC1CCC2(C)C(CO)=CCCC2C1(C)CCC1=COC(=O)C1. The lowest BCUT2D eigenvalue weighted by Crippen LogP contribution is -2.50. The molecule has 23 heavy (non-hydrogen) atoms. The number of hydrogen-bond acceptors (Lipinski definition) is 3. The molecule has 128 valence electrons. The van der Waals surface area contributed by atoms with Crippen LogP contribution in [0.1, 0.15) is 65.7 Å². The van der Waals surface area contributed by atoms with Gasteiger partial charge in [-0.3, -0.25) is 4.79 Å². The molecule has 0 bridgehead atoms. The molecule has 1 aliphatic heterocycles. The number of cyclic esters (lactones) is 1. The molecule has 0 amide bonds. The van der Waals surface area contributed by atoms with E-state index < -0.39 is 0 Å². The summed E-state index contributed by atoms with van der Waals surface area (Å²) in [5.74, 6) is 1.18. The standard InChI is InChI=1S/C20H30O3/c1-14-7-9-20(3)16(12-21)5-4-6-17(20)19(14,2)10-8-15-11-18(22)23-13-15/h5,13-14,17,21H,4,6-12H2,1-3H3. The third kappa shape index (κ3) is 2.77. The van der Waals surface area contributed by atoms with E-state index in [2.05, 4.69) is 26.8 Å². The first-order chi connectivity index (χ1) is 10.9. The minimum absolute atomic E-state index is 0.116. The Morgan fingerprint density at radius 1 is 1.35 bits per heavy atom. The van der Waals surface area contributed by atoms with Gasteiger partial charge in [0.2, 0.25) is 0 Å². The Balaban J connectivity index is 1.81. The largest absolute Gasteiger partial charge is 0.434 e. The fourth-order valence-corrected chi connectivity index (χ4v) is 5.44. The van der Waals surface area contributed by atoms with Gasteiger partial charge in [-0.2, -0.15) is 0 Å². The minimum atomic E-state index is -0.116. The average molecular weight is 318 g/mol. The Morgan fingerprint density at radius 2 is 2.13 bits per heavy atom. The van der Waals surface area contributed by atoms with Crippen molar-refractivity contribution in [1.29, 1.82) is 0 Å². The molecule has 3 heteroatoms. The molecule has 1 heterocycles. The molecule has 0 radical (unpaired) electrons. The second kappa shape index (κ2) is 6.08. The van der Waals surface area contributed by atoms with Gasteiger partial charge in [0.25, 0.3) is 0 Å². The van der Waals surface area contributed by atoms with Gasteiger partial charge in [-0.25, -0.2) is 0 Å². The van der Waals surface area contributed by atoms with Crippen LogP contribution in [0.4, 0.5) is 0 Å². The van der Waals surface area contributed by atoms with Gasteiger partial charge in [-0.1, -0.05) is 26.8 Å². The van der Waals surface area contributed by atoms with E-state index in [0.29, 0.717) is 18.3 Å². The van der Waals surface area contributed by atoms with Gasteiger partial charge in [0.05, 0.1) is 19.3 Å². The third-order valence-corrected chi connectivity index (χ3v) is 7.25. The molecule has 1 fully saturated rings. The zero-order valence-corrected chi connectivity index (χ0v) is 14.7. The van der Waals surface area contributed by atoms with Gasteiger partial charge in [-0.05, 0) is 72.3 Å². The first-order valence-electron chi connectivity index (χ1n) is 9.08. The van der Waals surface area contributed by atoms with Gasteiger partial charge in [0, 0.05) is 0 Å². The van der Waals surface area contributed by atoms with Crippen molar-refractivity contribution in [3.8, 4) is 0 Å². The zero-order valence-electron chi connectivity index (χ0n) is 14.7. The van der Waals surface area contributed by atoms with E-state index in [1.54, 1.807) is 6.26 Å². The molecule has 3 nitrogen and oxygen atoms in total. The topological polar surface area (TPSA) is 46.5 Å². The van der Waals surface area contributed by atoms with Crippen molar-refractivity contribution in [3.05, 3.63) is 23.5 Å². The molecule has 2 aliphatic carbocycles. The van der Waals surface area contributed by atoms with Crippen molar-refractivity contribution in [2.45, 2.75) is 65.7 Å². The Labute approximate surface area is 139 Å². The second-order valence-corrected chi connectivity index (χ2v) is 8.32. The van der Waals surface area contributed by atoms with Gasteiger partial charge >= 0.3 is 5.97 Å². The first kappa shape index (κ1) is 16.8. The second-order valence-electron chi connectivity index (χ2n) is 8.32. The molecule has 0 spiro atoms. The van der Waals surface area contributed by atoms with Crippen LogP contribution in [0.25, 0.3) is 0 Å². The molecule has 0 aromatic rings. The van der Waals surface area contributed by atoms with Crippen molar-refractivity contribution >= 4 is 5.97 Å². The molecule has 4 atom stereocenters. The van der Waals surface area contributed by atoms with Crippen LogP contribution in [0, 0.1) is 22.7 Å². The van der Waals surface area contributed by atoms with Gasteiger partial charge in [0.1, 0.15) is 0 Å². The molecule has 0 aromatic heterocycles. The molecular weight excluding hydrogens is 288 g/mol. The maximum atomic E-state index is 11.3. The number of fused-ring (bicyclic) bond motifs is 1. The number of ether oxygens (including phenoxy) is 1. The first-order valence-corrected chi connectivity index (χ1v) is 9.08. The number of rotatable bonds is 4. The van der Waals surface area contributed by atoms with E-state index in [9.17, 15) is 9.90 Å². The van der Waals surface area contributed by atoms with Crippen LogP contribution in [0.2, 0.25) is 0 Å². The average Bonchev–Trinajstić information content (AvgIpc) is 2.95. The number of carbonyl (C=O) groups is 1. The lowest BCUT2D eigenvalue weighted by Gasteiger charge is -2.58. The van der Waals surface area contributed by atoms with Crippen molar-refractivity contribution in [2.24, 2.45) is 22.7 Å². The zero-order chi connectivity index (χ0) is 16.7. The van der Waals surface area contributed by atoms with Crippen LogP contribution in [0.5, 0.6) is 0 Å².